The SMILES string of the molecule is CN(C)c1ncnc2c1c1ccncc1n2[C@@H]1O[C@H](CO)[C@@H](O)[C@H]1O. The number of aliphatic hydroxyl groups excluding tert-OH is 3. The first-order valence-corrected chi connectivity index (χ1v) is 7.93. The molecule has 9 heteroatoms. The summed E-state index contributed by atoms with van der Waals surface area (Å²) in [5, 5.41) is 31.6. The molecule has 0 aromatic carbocycles. The summed E-state index contributed by atoms with van der Waals surface area (Å²) in [7, 11) is 3.77. The van der Waals surface area contributed by atoms with Gasteiger partial charge in [-0.15, -0.1) is 0 Å². The highest BCUT2D eigenvalue weighted by Crippen LogP contribution is 2.39. The maximum absolute atomic E-state index is 10.4. The van der Waals surface area contributed by atoms with Crippen LogP contribution in [0.2, 0.25) is 0 Å². The summed E-state index contributed by atoms with van der Waals surface area (Å²) in [6, 6.07) is 1.85. The minimum atomic E-state index is -1.20. The monoisotopic (exact) mass is 345 g/mol. The molecule has 25 heavy (non-hydrogen) atoms. The zero-order chi connectivity index (χ0) is 17.7. The maximum atomic E-state index is 10.4. The molecular weight excluding hydrogens is 326 g/mol. The van der Waals surface area contributed by atoms with Crippen LogP contribution in [-0.4, -0.2) is 73.9 Å². The average Bonchev–Trinajstić information content (AvgIpc) is 3.10. The van der Waals surface area contributed by atoms with E-state index in [9.17, 15) is 15.3 Å². The topological polar surface area (TPSA) is 117 Å². The second kappa shape index (κ2) is 5.88. The lowest BCUT2D eigenvalue weighted by atomic mass is 10.1. The van der Waals surface area contributed by atoms with Gasteiger partial charge in [-0.1, -0.05) is 0 Å². The molecule has 0 bridgehead atoms. The number of fused-ring (bicyclic) bond motifs is 3. The fourth-order valence-corrected chi connectivity index (χ4v) is 3.38. The Morgan fingerprint density at radius 1 is 1.24 bits per heavy atom. The number of aromatic nitrogens is 4. The van der Waals surface area contributed by atoms with Crippen molar-refractivity contribution in [2.24, 2.45) is 0 Å². The summed E-state index contributed by atoms with van der Waals surface area (Å²) in [5.74, 6) is 0.728. The first-order valence-electron chi connectivity index (χ1n) is 7.93. The van der Waals surface area contributed by atoms with Gasteiger partial charge in [0.1, 0.15) is 36.1 Å². The smallest absolute Gasteiger partial charge is 0.165 e. The van der Waals surface area contributed by atoms with Crippen molar-refractivity contribution in [3.8, 4) is 0 Å². The first-order chi connectivity index (χ1) is 12.0. The number of hydrogen-bond donors (Lipinski definition) is 3. The third kappa shape index (κ3) is 2.28. The van der Waals surface area contributed by atoms with Crippen molar-refractivity contribution in [2.75, 3.05) is 25.6 Å². The van der Waals surface area contributed by atoms with Crippen LogP contribution in [0.4, 0.5) is 5.82 Å². The Balaban J connectivity index is 2.02. The average molecular weight is 345 g/mol. The highest BCUT2D eigenvalue weighted by molar-refractivity contribution is 6.11. The van der Waals surface area contributed by atoms with Crippen LogP contribution in [0.1, 0.15) is 6.23 Å². The lowest BCUT2D eigenvalue weighted by Crippen LogP contribution is -2.33. The number of hydrogen-bond acceptors (Lipinski definition) is 8. The van der Waals surface area contributed by atoms with Crippen molar-refractivity contribution in [1.82, 2.24) is 19.5 Å². The molecule has 1 saturated heterocycles. The third-order valence-electron chi connectivity index (χ3n) is 4.56. The Labute approximate surface area is 143 Å². The number of anilines is 1. The van der Waals surface area contributed by atoms with E-state index < -0.39 is 24.5 Å². The van der Waals surface area contributed by atoms with Gasteiger partial charge in [-0.05, 0) is 6.07 Å². The molecule has 1 aliphatic heterocycles. The predicted octanol–water partition coefficient (Wildman–Crippen LogP) is -0.343. The van der Waals surface area contributed by atoms with Gasteiger partial charge in [-0.2, -0.15) is 0 Å². The largest absolute Gasteiger partial charge is 0.394 e. The molecule has 3 N–H and O–H groups in total. The molecule has 3 aromatic heterocycles. The first kappa shape index (κ1) is 16.2. The van der Waals surface area contributed by atoms with Gasteiger partial charge in [0.2, 0.25) is 0 Å². The van der Waals surface area contributed by atoms with Gasteiger partial charge in [0.15, 0.2) is 6.23 Å². The van der Waals surface area contributed by atoms with Gasteiger partial charge in [0.05, 0.1) is 23.7 Å². The van der Waals surface area contributed by atoms with Gasteiger partial charge in [0, 0.05) is 25.7 Å². The van der Waals surface area contributed by atoms with Gasteiger partial charge in [0.25, 0.3) is 0 Å². The van der Waals surface area contributed by atoms with Gasteiger partial charge in [-0.25, -0.2) is 9.97 Å². The molecule has 0 aliphatic carbocycles. The van der Waals surface area contributed by atoms with Crippen LogP contribution in [0.25, 0.3) is 21.9 Å². The van der Waals surface area contributed by atoms with E-state index in [2.05, 4.69) is 15.0 Å². The molecule has 0 spiro atoms. The van der Waals surface area contributed by atoms with Crippen LogP contribution in [-0.2, 0) is 4.74 Å². The normalized spacial score (nSPS) is 26.6. The van der Waals surface area contributed by atoms with Crippen molar-refractivity contribution in [3.63, 3.8) is 0 Å². The number of rotatable bonds is 3. The second-order valence-corrected chi connectivity index (χ2v) is 6.28. The lowest BCUT2D eigenvalue weighted by Gasteiger charge is -2.19. The zero-order valence-corrected chi connectivity index (χ0v) is 13.8. The highest BCUT2D eigenvalue weighted by Gasteiger charge is 2.44. The molecule has 0 unspecified atom stereocenters. The Hall–Kier alpha value is -2.33. The Morgan fingerprint density at radius 2 is 2.04 bits per heavy atom. The van der Waals surface area contributed by atoms with Crippen LogP contribution >= 0.6 is 0 Å². The molecule has 1 aliphatic rings. The van der Waals surface area contributed by atoms with Crippen LogP contribution in [0.15, 0.2) is 24.8 Å². The fourth-order valence-electron chi connectivity index (χ4n) is 3.38. The molecule has 0 radical (unpaired) electrons. The summed E-state index contributed by atoms with van der Waals surface area (Å²) in [4.78, 5) is 14.8. The van der Waals surface area contributed by atoms with Crippen LogP contribution in [0, 0.1) is 0 Å². The molecule has 1 fully saturated rings. The van der Waals surface area contributed by atoms with Crippen LogP contribution in [0.5, 0.6) is 0 Å². The van der Waals surface area contributed by atoms with E-state index >= 15 is 0 Å². The second-order valence-electron chi connectivity index (χ2n) is 6.28. The number of pyridine rings is 1. The molecule has 4 rings (SSSR count). The van der Waals surface area contributed by atoms with Gasteiger partial charge >= 0.3 is 0 Å². The zero-order valence-electron chi connectivity index (χ0n) is 13.8. The molecule has 0 saturated carbocycles. The van der Waals surface area contributed by atoms with Crippen molar-refractivity contribution >= 4 is 27.8 Å². The Kier molecular flexibility index (Phi) is 3.80. The van der Waals surface area contributed by atoms with Crippen molar-refractivity contribution < 1.29 is 20.1 Å². The highest BCUT2D eigenvalue weighted by atomic mass is 16.6. The van der Waals surface area contributed by atoms with Crippen molar-refractivity contribution in [2.45, 2.75) is 24.5 Å². The third-order valence-corrected chi connectivity index (χ3v) is 4.56. The van der Waals surface area contributed by atoms with E-state index in [1.807, 2.05) is 25.1 Å². The molecule has 9 nitrogen and oxygen atoms in total. The number of ether oxygens (including phenoxy) is 1. The van der Waals surface area contributed by atoms with Gasteiger partial charge < -0.3 is 25.0 Å². The Morgan fingerprint density at radius 3 is 2.72 bits per heavy atom. The lowest BCUT2D eigenvalue weighted by molar-refractivity contribution is -0.0490. The quantitative estimate of drug-likeness (QED) is 0.590. The molecular formula is C16H19N5O4. The fraction of sp³-hybridized carbons (Fsp3) is 0.438. The maximum Gasteiger partial charge on any atom is 0.165 e. The van der Waals surface area contributed by atoms with Crippen LogP contribution in [0.3, 0.4) is 0 Å². The summed E-state index contributed by atoms with van der Waals surface area (Å²) < 4.78 is 7.41. The van der Waals surface area contributed by atoms with Crippen molar-refractivity contribution in [1.29, 1.82) is 0 Å². The minimum Gasteiger partial charge on any atom is -0.394 e. The molecule has 132 valence electrons. The molecule has 3 aromatic rings. The van der Waals surface area contributed by atoms with E-state index in [4.69, 9.17) is 4.74 Å². The van der Waals surface area contributed by atoms with E-state index in [0.717, 1.165) is 16.6 Å². The predicted molar refractivity (Wildman–Crippen MR) is 90.2 cm³/mol. The minimum absolute atomic E-state index is 0.387. The van der Waals surface area contributed by atoms with E-state index in [-0.39, 0.29) is 6.61 Å². The molecule has 0 amide bonds. The van der Waals surface area contributed by atoms with Crippen molar-refractivity contribution in [3.05, 3.63) is 24.8 Å². The standard InChI is InChI=1S/C16H19N5O4/c1-20(2)14-11-8-3-4-17-5-9(8)21(15(11)19-7-18-14)16-13(24)12(23)10(6-22)25-16/h3-5,7,10,12-13,16,22-24H,6H2,1-2H3/t10-,12-,13-,16-/m1/s1. The molecule has 4 heterocycles. The number of aliphatic hydroxyl groups is 3. The van der Waals surface area contributed by atoms with E-state index in [1.165, 1.54) is 6.33 Å². The van der Waals surface area contributed by atoms with E-state index in [0.29, 0.717) is 11.2 Å². The summed E-state index contributed by atoms with van der Waals surface area (Å²) in [6.45, 7) is -0.387. The summed E-state index contributed by atoms with van der Waals surface area (Å²) in [5.41, 5.74) is 1.27. The number of nitrogens with zero attached hydrogens (tertiary/aromatic N) is 5. The Bertz CT molecular complexity index is 927. The van der Waals surface area contributed by atoms with Gasteiger partial charge in [-0.3, -0.25) is 9.55 Å². The summed E-state index contributed by atoms with van der Waals surface area (Å²) in [6.07, 6.45) is 0.645. The van der Waals surface area contributed by atoms with E-state index in [1.54, 1.807) is 17.0 Å². The van der Waals surface area contributed by atoms with Crippen LogP contribution < -0.4 is 4.90 Å². The molecule has 4 atom stereocenters. The summed E-state index contributed by atoms with van der Waals surface area (Å²) >= 11 is 0.